The third-order valence-corrected chi connectivity index (χ3v) is 3.93. The second kappa shape index (κ2) is 10.4. The summed E-state index contributed by atoms with van der Waals surface area (Å²) in [5.41, 5.74) is -2.29. The average molecular weight is 413 g/mol. The number of benzene rings is 1. The van der Waals surface area contributed by atoms with Gasteiger partial charge in [-0.1, -0.05) is 44.2 Å². The van der Waals surface area contributed by atoms with Crippen molar-refractivity contribution in [2.75, 3.05) is 0 Å². The lowest BCUT2D eigenvalue weighted by Gasteiger charge is -2.32. The van der Waals surface area contributed by atoms with Crippen LogP contribution < -0.4 is 5.32 Å². The molecule has 0 aromatic heterocycles. The molecule has 2 atom stereocenters. The summed E-state index contributed by atoms with van der Waals surface area (Å²) < 4.78 is 10.5. The van der Waals surface area contributed by atoms with Crippen molar-refractivity contribution in [2.24, 2.45) is 5.92 Å². The Morgan fingerprint density at radius 2 is 1.70 bits per heavy atom. The van der Waals surface area contributed by atoms with E-state index in [4.69, 9.17) is 14.7 Å². The van der Waals surface area contributed by atoms with Crippen LogP contribution in [-0.2, 0) is 30.3 Å². The standard InChI is InChI=1S/C22H27N3O5/c1-15(2)18(29-17(26)11-12-23)19(27)25-22(14-24,20(28)30-21(3,4)5)13-16-9-7-6-8-10-16/h6-10,15,18H,11,13H2,1-5H3,(H,25,27). The van der Waals surface area contributed by atoms with Gasteiger partial charge in [-0.3, -0.25) is 9.59 Å². The molecule has 160 valence electrons. The van der Waals surface area contributed by atoms with Gasteiger partial charge in [0.05, 0.1) is 6.07 Å². The molecule has 1 aromatic rings. The van der Waals surface area contributed by atoms with Crippen LogP contribution in [0.4, 0.5) is 0 Å². The summed E-state index contributed by atoms with van der Waals surface area (Å²) in [5, 5.41) is 21.0. The van der Waals surface area contributed by atoms with Gasteiger partial charge in [-0.15, -0.1) is 0 Å². The monoisotopic (exact) mass is 413 g/mol. The molecule has 8 heteroatoms. The second-order valence-electron chi connectivity index (χ2n) is 8.16. The van der Waals surface area contributed by atoms with Gasteiger partial charge in [0, 0.05) is 6.42 Å². The largest absolute Gasteiger partial charge is 0.457 e. The molecule has 0 aliphatic rings. The Balaban J connectivity index is 3.27. The SMILES string of the molecule is CC(C)C(OC(=O)CC#N)C(=O)NC(C#N)(Cc1ccccc1)C(=O)OC(C)(C)C. The molecule has 0 radical (unpaired) electrons. The molecule has 30 heavy (non-hydrogen) atoms. The van der Waals surface area contributed by atoms with Gasteiger partial charge in [-0.25, -0.2) is 4.79 Å². The number of nitriles is 2. The summed E-state index contributed by atoms with van der Waals surface area (Å²) in [4.78, 5) is 37.6. The molecule has 8 nitrogen and oxygen atoms in total. The molecule has 0 aliphatic heterocycles. The highest BCUT2D eigenvalue weighted by Gasteiger charge is 2.46. The van der Waals surface area contributed by atoms with E-state index < -0.39 is 47.4 Å². The first-order valence-corrected chi connectivity index (χ1v) is 9.51. The fourth-order valence-electron chi connectivity index (χ4n) is 2.57. The maximum atomic E-state index is 13.0. The Kier molecular flexibility index (Phi) is 8.55. The van der Waals surface area contributed by atoms with Crippen LogP contribution in [0.5, 0.6) is 0 Å². The average Bonchev–Trinajstić information content (AvgIpc) is 2.64. The van der Waals surface area contributed by atoms with Crippen LogP contribution in [0.3, 0.4) is 0 Å². The zero-order chi connectivity index (χ0) is 22.9. The highest BCUT2D eigenvalue weighted by molar-refractivity contribution is 5.93. The quantitative estimate of drug-likeness (QED) is 0.648. The van der Waals surface area contributed by atoms with Gasteiger partial charge < -0.3 is 14.8 Å². The second-order valence-corrected chi connectivity index (χ2v) is 8.16. The van der Waals surface area contributed by atoms with Crippen LogP contribution in [0.2, 0.25) is 0 Å². The zero-order valence-corrected chi connectivity index (χ0v) is 17.9. The molecule has 0 saturated carbocycles. The molecule has 2 unspecified atom stereocenters. The van der Waals surface area contributed by atoms with Crippen LogP contribution in [0, 0.1) is 28.6 Å². The lowest BCUT2D eigenvalue weighted by atomic mass is 9.90. The minimum Gasteiger partial charge on any atom is -0.457 e. The van der Waals surface area contributed by atoms with Gasteiger partial charge in [0.2, 0.25) is 5.54 Å². The summed E-state index contributed by atoms with van der Waals surface area (Å²) in [5.74, 6) is -3.06. The van der Waals surface area contributed by atoms with Crippen LogP contribution in [0.25, 0.3) is 0 Å². The Morgan fingerprint density at radius 3 is 2.17 bits per heavy atom. The molecule has 0 bridgehead atoms. The molecule has 0 fully saturated rings. The number of hydrogen-bond donors (Lipinski definition) is 1. The van der Waals surface area contributed by atoms with Crippen molar-refractivity contribution in [3.05, 3.63) is 35.9 Å². The fraction of sp³-hybridized carbons (Fsp3) is 0.500. The Labute approximate surface area is 176 Å². The van der Waals surface area contributed by atoms with E-state index in [0.29, 0.717) is 5.56 Å². The van der Waals surface area contributed by atoms with Crippen molar-refractivity contribution in [3.8, 4) is 12.1 Å². The first-order valence-electron chi connectivity index (χ1n) is 9.51. The number of carbonyl (C=O) groups is 3. The van der Waals surface area contributed by atoms with E-state index >= 15 is 0 Å². The van der Waals surface area contributed by atoms with Crippen molar-refractivity contribution in [2.45, 2.75) is 64.7 Å². The van der Waals surface area contributed by atoms with E-state index in [1.807, 2.05) is 6.07 Å². The van der Waals surface area contributed by atoms with Crippen LogP contribution in [0.15, 0.2) is 30.3 Å². The van der Waals surface area contributed by atoms with Crippen molar-refractivity contribution in [1.29, 1.82) is 10.5 Å². The maximum absolute atomic E-state index is 13.0. The third-order valence-electron chi connectivity index (χ3n) is 3.93. The predicted octanol–water partition coefficient (Wildman–Crippen LogP) is 2.43. The Hall–Kier alpha value is -3.39. The van der Waals surface area contributed by atoms with Crippen LogP contribution >= 0.6 is 0 Å². The Bertz CT molecular complexity index is 846. The normalized spacial score (nSPS) is 13.9. The fourth-order valence-corrected chi connectivity index (χ4v) is 2.57. The highest BCUT2D eigenvalue weighted by atomic mass is 16.6. The number of amides is 1. The van der Waals surface area contributed by atoms with E-state index in [2.05, 4.69) is 5.32 Å². The number of rotatable bonds is 8. The van der Waals surface area contributed by atoms with E-state index in [-0.39, 0.29) is 6.42 Å². The molecule has 1 rings (SSSR count). The van der Waals surface area contributed by atoms with Crippen molar-refractivity contribution >= 4 is 17.8 Å². The van der Waals surface area contributed by atoms with E-state index in [1.54, 1.807) is 71.0 Å². The van der Waals surface area contributed by atoms with Crippen molar-refractivity contribution in [1.82, 2.24) is 5.32 Å². The smallest absolute Gasteiger partial charge is 0.347 e. The number of ether oxygens (including phenoxy) is 2. The van der Waals surface area contributed by atoms with E-state index in [1.165, 1.54) is 0 Å². The molecular formula is C22H27N3O5. The van der Waals surface area contributed by atoms with E-state index in [0.717, 1.165) is 0 Å². The van der Waals surface area contributed by atoms with Crippen molar-refractivity contribution in [3.63, 3.8) is 0 Å². The summed E-state index contributed by atoms with van der Waals surface area (Å²) in [6.45, 7) is 8.24. The number of nitrogens with zero attached hydrogens (tertiary/aromatic N) is 2. The highest BCUT2D eigenvalue weighted by Crippen LogP contribution is 2.21. The van der Waals surface area contributed by atoms with Gasteiger partial charge >= 0.3 is 11.9 Å². The zero-order valence-electron chi connectivity index (χ0n) is 17.9. The number of nitrogens with one attached hydrogen (secondary N) is 1. The van der Waals surface area contributed by atoms with E-state index in [9.17, 15) is 19.6 Å². The minimum absolute atomic E-state index is 0.137. The molecule has 1 N–H and O–H groups in total. The molecule has 1 amide bonds. The molecule has 0 aliphatic carbocycles. The van der Waals surface area contributed by atoms with Crippen LogP contribution in [0.1, 0.15) is 46.6 Å². The number of carbonyl (C=O) groups excluding carboxylic acids is 3. The van der Waals surface area contributed by atoms with Gasteiger partial charge in [-0.05, 0) is 32.3 Å². The first-order chi connectivity index (χ1) is 13.9. The van der Waals surface area contributed by atoms with Crippen molar-refractivity contribution < 1.29 is 23.9 Å². The molecule has 1 aromatic carbocycles. The van der Waals surface area contributed by atoms with Crippen LogP contribution in [-0.4, -0.2) is 35.1 Å². The summed E-state index contributed by atoms with van der Waals surface area (Å²) >= 11 is 0. The molecule has 0 heterocycles. The molecule has 0 spiro atoms. The molecule has 0 saturated heterocycles. The lowest BCUT2D eigenvalue weighted by Crippen LogP contribution is -2.60. The summed E-state index contributed by atoms with van der Waals surface area (Å²) in [6, 6.07) is 12.3. The topological polar surface area (TPSA) is 129 Å². The number of esters is 2. The van der Waals surface area contributed by atoms with Gasteiger partial charge in [0.15, 0.2) is 6.10 Å². The minimum atomic E-state index is -2.03. The number of hydrogen-bond acceptors (Lipinski definition) is 7. The van der Waals surface area contributed by atoms with Gasteiger partial charge in [-0.2, -0.15) is 10.5 Å². The summed E-state index contributed by atoms with van der Waals surface area (Å²) in [7, 11) is 0. The first kappa shape index (κ1) is 24.6. The predicted molar refractivity (Wildman–Crippen MR) is 107 cm³/mol. The summed E-state index contributed by atoms with van der Waals surface area (Å²) in [6.07, 6.45) is -1.94. The lowest BCUT2D eigenvalue weighted by molar-refractivity contribution is -0.165. The van der Waals surface area contributed by atoms with Gasteiger partial charge in [0.1, 0.15) is 18.1 Å². The molecular weight excluding hydrogens is 386 g/mol. The third kappa shape index (κ3) is 7.21. The maximum Gasteiger partial charge on any atom is 0.347 e. The Morgan fingerprint density at radius 1 is 1.10 bits per heavy atom. The van der Waals surface area contributed by atoms with Gasteiger partial charge in [0.25, 0.3) is 5.91 Å².